The van der Waals surface area contributed by atoms with Crippen molar-refractivity contribution >= 4 is 15.9 Å². The molecule has 6 fully saturated rings. The van der Waals surface area contributed by atoms with Crippen molar-refractivity contribution in [3.8, 4) is 0 Å². The van der Waals surface area contributed by atoms with E-state index in [-0.39, 0.29) is 38.1 Å². The third kappa shape index (κ3) is 9.85. The Hall–Kier alpha value is 0.0800. The number of rotatable bonds is 10. The molecule has 0 amide bonds. The number of hydrogen-bond donors (Lipinski definition) is 3. The second kappa shape index (κ2) is 15.4. The smallest absolute Gasteiger partial charge is 0.283 e. The first-order valence-electron chi connectivity index (χ1n) is 11.6. The number of ether oxygens (including phenoxy) is 7. The van der Waals surface area contributed by atoms with E-state index < -0.39 is 11.9 Å². The van der Waals surface area contributed by atoms with Crippen LogP contribution in [0.3, 0.4) is 0 Å². The number of fused-ring (bicyclic) bond motifs is 6. The van der Waals surface area contributed by atoms with Crippen molar-refractivity contribution in [1.29, 1.82) is 0 Å². The van der Waals surface area contributed by atoms with Crippen molar-refractivity contribution in [2.45, 2.75) is 58.9 Å². The van der Waals surface area contributed by atoms with Crippen LogP contribution in [0, 0.1) is 10.8 Å². The molecule has 6 rings (SSSR count). The van der Waals surface area contributed by atoms with Crippen LogP contribution in [0.15, 0.2) is 0 Å². The van der Waals surface area contributed by atoms with Crippen LogP contribution in [0.4, 0.5) is 0 Å². The minimum atomic E-state index is -0.833. The lowest BCUT2D eigenvalue weighted by Crippen LogP contribution is -2.58. The van der Waals surface area contributed by atoms with Gasteiger partial charge >= 0.3 is 0 Å². The summed E-state index contributed by atoms with van der Waals surface area (Å²) >= 11 is 3.39. The number of aliphatic hydroxyl groups excluding tert-OH is 3. The van der Waals surface area contributed by atoms with Crippen molar-refractivity contribution < 1.29 is 48.5 Å². The number of hydrogen-bond acceptors (Lipinski definition) is 10. The highest BCUT2D eigenvalue weighted by Gasteiger charge is 2.50. The van der Waals surface area contributed by atoms with Crippen LogP contribution in [0.5, 0.6) is 0 Å². The predicted octanol–water partition coefficient (Wildman–Crippen LogP) is 2.02. The molecule has 34 heavy (non-hydrogen) atoms. The van der Waals surface area contributed by atoms with Gasteiger partial charge in [-0.15, -0.1) is 0 Å². The zero-order chi connectivity index (χ0) is 24.3. The molecule has 0 radical (unpaired) electrons. The monoisotopic (exact) mass is 560 g/mol. The Labute approximate surface area is 212 Å². The van der Waals surface area contributed by atoms with Gasteiger partial charge in [-0.1, -0.05) is 37.2 Å². The van der Waals surface area contributed by atoms with Crippen molar-refractivity contribution in [2.75, 3.05) is 78.0 Å². The molecular formula is C23H45BrO10. The molecule has 4 bridgehead atoms. The summed E-state index contributed by atoms with van der Waals surface area (Å²) in [5.74, 6) is -1.55. The first kappa shape index (κ1) is 32.1. The average molecular weight is 562 g/mol. The first-order chi connectivity index (χ1) is 15.8. The van der Waals surface area contributed by atoms with Gasteiger partial charge in [0, 0.05) is 35.6 Å². The Morgan fingerprint density at radius 2 is 1.03 bits per heavy atom. The third-order valence-electron chi connectivity index (χ3n) is 5.57. The van der Waals surface area contributed by atoms with Crippen molar-refractivity contribution in [3.63, 3.8) is 0 Å². The van der Waals surface area contributed by atoms with E-state index in [4.69, 9.17) is 48.5 Å². The normalized spacial score (nSPS) is 35.5. The zero-order valence-corrected chi connectivity index (χ0v) is 21.5. The highest BCUT2D eigenvalue weighted by atomic mass is 79.9. The van der Waals surface area contributed by atoms with Crippen molar-refractivity contribution in [2.24, 2.45) is 10.8 Å². The molecule has 0 aliphatic carbocycles. The Morgan fingerprint density at radius 1 is 0.647 bits per heavy atom. The fourth-order valence-corrected chi connectivity index (χ4v) is 3.76. The molecule has 0 spiro atoms. The highest BCUT2D eigenvalue weighted by molar-refractivity contribution is 9.09. The van der Waals surface area contributed by atoms with Crippen LogP contribution in [-0.2, 0) is 33.2 Å². The van der Waals surface area contributed by atoms with Gasteiger partial charge in [0.2, 0.25) is 0 Å². The van der Waals surface area contributed by atoms with Crippen LogP contribution in [-0.4, -0.2) is 105 Å². The van der Waals surface area contributed by atoms with Crippen LogP contribution in [0.1, 0.15) is 47.0 Å². The van der Waals surface area contributed by atoms with Gasteiger partial charge in [-0.05, 0) is 12.8 Å². The van der Waals surface area contributed by atoms with Crippen molar-refractivity contribution in [3.05, 3.63) is 0 Å². The molecule has 3 N–H and O–H groups in total. The second-order valence-corrected chi connectivity index (χ2v) is 10.2. The molecule has 0 unspecified atom stereocenters. The van der Waals surface area contributed by atoms with E-state index in [1.54, 1.807) is 0 Å². The summed E-state index contributed by atoms with van der Waals surface area (Å²) in [6.07, 6.45) is 3.30. The fourth-order valence-electron chi connectivity index (χ4n) is 3.48. The van der Waals surface area contributed by atoms with E-state index in [0.717, 1.165) is 44.4 Å². The van der Waals surface area contributed by atoms with Gasteiger partial charge in [0.05, 0.1) is 66.1 Å². The van der Waals surface area contributed by atoms with E-state index in [9.17, 15) is 0 Å². The van der Waals surface area contributed by atoms with Gasteiger partial charge in [-0.25, -0.2) is 0 Å². The maximum atomic E-state index is 8.55. The predicted molar refractivity (Wildman–Crippen MR) is 128 cm³/mol. The standard InChI is InChI=1S/C11H20O5.C9H15BrO3.C2H6O2.CH4/c1-10-7-14-11(15-8-10,16-9-10)3-2-5-13-6-4-12;1-8-5-11-9(12-6-8,13-7-8)3-2-4-10;3-1-2-4;/h12H,2-9H2,1H3;2-7H2,1H3;3-4H,1-2H2;1H4. The van der Waals surface area contributed by atoms with E-state index in [1.165, 1.54) is 0 Å². The van der Waals surface area contributed by atoms with Crippen LogP contribution in [0.2, 0.25) is 0 Å². The maximum Gasteiger partial charge on any atom is 0.283 e. The molecule has 6 aliphatic rings. The first-order valence-corrected chi connectivity index (χ1v) is 12.7. The molecule has 0 aromatic heterocycles. The minimum Gasteiger partial charge on any atom is -0.394 e. The van der Waals surface area contributed by atoms with Crippen LogP contribution in [0.25, 0.3) is 0 Å². The Morgan fingerprint density at radius 3 is 1.35 bits per heavy atom. The summed E-state index contributed by atoms with van der Waals surface area (Å²) in [6.45, 7) is 9.39. The molecule has 0 atom stereocenters. The lowest BCUT2D eigenvalue weighted by molar-refractivity contribution is -0.468. The second-order valence-electron chi connectivity index (χ2n) is 9.40. The van der Waals surface area contributed by atoms with E-state index >= 15 is 0 Å². The molecule has 0 saturated carbocycles. The molecule has 6 aliphatic heterocycles. The Kier molecular flexibility index (Phi) is 14.5. The lowest BCUT2D eigenvalue weighted by Gasteiger charge is -2.50. The third-order valence-corrected chi connectivity index (χ3v) is 6.13. The average Bonchev–Trinajstić information content (AvgIpc) is 2.85. The summed E-state index contributed by atoms with van der Waals surface area (Å²) in [7, 11) is 0. The minimum absolute atomic E-state index is 0. The van der Waals surface area contributed by atoms with Crippen LogP contribution < -0.4 is 0 Å². The highest BCUT2D eigenvalue weighted by Crippen LogP contribution is 2.41. The molecule has 0 aromatic carbocycles. The SMILES string of the molecule is C.CC12COC(CCCBr)(OC1)OC2.CC12COC(CCCOCCO)(OC1)OC2.OCCO. The van der Waals surface area contributed by atoms with Gasteiger partial charge in [-0.3, -0.25) is 0 Å². The van der Waals surface area contributed by atoms with Gasteiger partial charge in [0.25, 0.3) is 11.9 Å². The molecule has 0 aromatic rings. The van der Waals surface area contributed by atoms with Gasteiger partial charge in [-0.2, -0.15) is 0 Å². The van der Waals surface area contributed by atoms with E-state index in [1.807, 2.05) is 0 Å². The summed E-state index contributed by atoms with van der Waals surface area (Å²) in [4.78, 5) is 0. The molecule has 204 valence electrons. The molecule has 6 saturated heterocycles. The molecule has 11 heteroatoms. The molecular weight excluding hydrogens is 516 g/mol. The Bertz CT molecular complexity index is 493. The van der Waals surface area contributed by atoms with Gasteiger partial charge in [0.1, 0.15) is 0 Å². The maximum absolute atomic E-state index is 8.55. The van der Waals surface area contributed by atoms with E-state index in [0.29, 0.717) is 39.5 Å². The van der Waals surface area contributed by atoms with Crippen LogP contribution >= 0.6 is 15.9 Å². The number of halogens is 1. The topological polar surface area (TPSA) is 125 Å². The zero-order valence-electron chi connectivity index (χ0n) is 19.9. The van der Waals surface area contributed by atoms with E-state index in [2.05, 4.69) is 29.8 Å². The Balaban J connectivity index is 0.000000291. The lowest BCUT2D eigenvalue weighted by atomic mass is 9.91. The summed E-state index contributed by atoms with van der Waals surface area (Å²) in [5.41, 5.74) is 0.102. The largest absolute Gasteiger partial charge is 0.394 e. The van der Waals surface area contributed by atoms with Gasteiger partial charge < -0.3 is 48.5 Å². The fraction of sp³-hybridized carbons (Fsp3) is 1.00. The number of aliphatic hydroxyl groups is 3. The summed E-state index contributed by atoms with van der Waals surface area (Å²) in [5, 5.41) is 24.8. The molecule has 6 heterocycles. The molecule has 10 nitrogen and oxygen atoms in total. The number of alkyl halides is 1. The summed E-state index contributed by atoms with van der Waals surface area (Å²) in [6, 6.07) is 0. The summed E-state index contributed by atoms with van der Waals surface area (Å²) < 4.78 is 38.9. The van der Waals surface area contributed by atoms with Crippen molar-refractivity contribution in [1.82, 2.24) is 0 Å². The van der Waals surface area contributed by atoms with Gasteiger partial charge in [0.15, 0.2) is 0 Å². The quantitative estimate of drug-likeness (QED) is 0.270.